The van der Waals surface area contributed by atoms with Gasteiger partial charge in [-0.05, 0) is 24.5 Å². The van der Waals surface area contributed by atoms with Crippen LogP contribution in [-0.2, 0) is 4.79 Å². The Morgan fingerprint density at radius 1 is 1.33 bits per heavy atom. The number of ketones is 1. The van der Waals surface area contributed by atoms with Gasteiger partial charge < -0.3 is 5.73 Å². The van der Waals surface area contributed by atoms with Crippen molar-refractivity contribution >= 4 is 17.4 Å². The van der Waals surface area contributed by atoms with Crippen LogP contribution in [0.2, 0.25) is 5.02 Å². The van der Waals surface area contributed by atoms with Crippen molar-refractivity contribution < 1.29 is 4.79 Å². The van der Waals surface area contributed by atoms with Gasteiger partial charge in [0.25, 0.3) is 0 Å². The molecule has 5 nitrogen and oxygen atoms in total. The van der Waals surface area contributed by atoms with E-state index in [9.17, 15) is 10.1 Å². The van der Waals surface area contributed by atoms with E-state index in [1.807, 2.05) is 37.3 Å². The van der Waals surface area contributed by atoms with Crippen molar-refractivity contribution in [1.82, 2.24) is 10.0 Å². The number of nitrogens with zero attached hydrogens (tertiary/aromatic N) is 3. The third-order valence-electron chi connectivity index (χ3n) is 4.50. The summed E-state index contributed by atoms with van der Waals surface area (Å²) in [5, 5.41) is 13.9. The first-order valence-corrected chi connectivity index (χ1v) is 8.23. The molecule has 1 aliphatic carbocycles. The van der Waals surface area contributed by atoms with Crippen molar-refractivity contribution in [3.8, 4) is 6.07 Å². The minimum atomic E-state index is -0.498. The molecule has 0 unspecified atom stereocenters. The van der Waals surface area contributed by atoms with Crippen molar-refractivity contribution in [2.75, 3.05) is 14.1 Å². The van der Waals surface area contributed by atoms with E-state index >= 15 is 0 Å². The Morgan fingerprint density at radius 2 is 2.04 bits per heavy atom. The van der Waals surface area contributed by atoms with E-state index in [2.05, 4.69) is 6.07 Å². The van der Waals surface area contributed by atoms with Gasteiger partial charge in [-0.15, -0.1) is 0 Å². The number of hydrogen-bond donors (Lipinski definition) is 1. The molecule has 6 heteroatoms. The Labute approximate surface area is 146 Å². The molecule has 0 aromatic heterocycles. The fraction of sp³-hybridized carbons (Fsp3) is 0.333. The van der Waals surface area contributed by atoms with Crippen LogP contribution in [0.3, 0.4) is 0 Å². The molecular formula is C18H19ClN4O. The summed E-state index contributed by atoms with van der Waals surface area (Å²) in [6, 6.07) is 9.53. The summed E-state index contributed by atoms with van der Waals surface area (Å²) in [6.07, 6.45) is 2.02. The number of hydrazine groups is 1. The van der Waals surface area contributed by atoms with Crippen LogP contribution in [0.25, 0.3) is 0 Å². The molecule has 1 aliphatic heterocycles. The van der Waals surface area contributed by atoms with E-state index in [1.54, 1.807) is 11.1 Å². The summed E-state index contributed by atoms with van der Waals surface area (Å²) in [6.45, 7) is 0. The predicted molar refractivity (Wildman–Crippen MR) is 92.4 cm³/mol. The van der Waals surface area contributed by atoms with Crippen molar-refractivity contribution in [2.45, 2.75) is 25.2 Å². The van der Waals surface area contributed by atoms with Crippen LogP contribution in [0.1, 0.15) is 30.7 Å². The lowest BCUT2D eigenvalue weighted by Crippen LogP contribution is -2.45. The van der Waals surface area contributed by atoms with Crippen molar-refractivity contribution in [1.29, 1.82) is 5.26 Å². The number of halogens is 1. The van der Waals surface area contributed by atoms with Crippen LogP contribution in [-0.4, -0.2) is 29.9 Å². The Hall–Kier alpha value is -2.29. The highest BCUT2D eigenvalue weighted by molar-refractivity contribution is 6.31. The number of carbonyl (C=O) groups is 1. The zero-order valence-corrected chi connectivity index (χ0v) is 14.5. The molecule has 1 aromatic carbocycles. The first kappa shape index (κ1) is 16.6. The largest absolute Gasteiger partial charge is 0.383 e. The minimum Gasteiger partial charge on any atom is -0.383 e. The average Bonchev–Trinajstić information content (AvgIpc) is 2.54. The van der Waals surface area contributed by atoms with E-state index in [4.69, 9.17) is 17.3 Å². The molecule has 124 valence electrons. The van der Waals surface area contributed by atoms with Crippen LogP contribution < -0.4 is 5.73 Å². The molecule has 2 aliphatic rings. The van der Waals surface area contributed by atoms with E-state index in [-0.39, 0.29) is 5.78 Å². The van der Waals surface area contributed by atoms with Gasteiger partial charge in [0.1, 0.15) is 5.82 Å². The van der Waals surface area contributed by atoms with Crippen molar-refractivity contribution in [3.05, 3.63) is 57.5 Å². The maximum atomic E-state index is 12.7. The lowest BCUT2D eigenvalue weighted by molar-refractivity contribution is -0.116. The summed E-state index contributed by atoms with van der Waals surface area (Å²) in [7, 11) is 3.70. The SMILES string of the molecule is CN(C)N1C(N)=C(C#N)[C@@H](c2ccccc2Cl)C2=C1CCCC2=O. The first-order valence-electron chi connectivity index (χ1n) is 7.85. The Balaban J connectivity index is 2.30. The fourth-order valence-electron chi connectivity index (χ4n) is 3.54. The van der Waals surface area contributed by atoms with Gasteiger partial charge in [0.2, 0.25) is 0 Å². The molecule has 0 radical (unpaired) electrons. The highest BCUT2D eigenvalue weighted by atomic mass is 35.5. The number of nitriles is 1. The maximum Gasteiger partial charge on any atom is 0.161 e. The summed E-state index contributed by atoms with van der Waals surface area (Å²) >= 11 is 6.37. The van der Waals surface area contributed by atoms with Crippen LogP contribution in [0.5, 0.6) is 0 Å². The average molecular weight is 343 g/mol. The molecular weight excluding hydrogens is 324 g/mol. The lowest BCUT2D eigenvalue weighted by Gasteiger charge is -2.42. The van der Waals surface area contributed by atoms with E-state index in [0.717, 1.165) is 24.1 Å². The molecule has 1 atom stereocenters. The Kier molecular flexibility index (Phi) is 4.35. The highest BCUT2D eigenvalue weighted by Crippen LogP contribution is 2.46. The normalized spacial score (nSPS) is 21.2. The Morgan fingerprint density at radius 3 is 2.67 bits per heavy atom. The maximum absolute atomic E-state index is 12.7. The third kappa shape index (κ3) is 2.48. The van der Waals surface area contributed by atoms with E-state index < -0.39 is 5.92 Å². The zero-order valence-electron chi connectivity index (χ0n) is 13.7. The zero-order chi connectivity index (χ0) is 17.4. The summed E-state index contributed by atoms with van der Waals surface area (Å²) in [5.41, 5.74) is 8.95. The molecule has 1 aromatic rings. The van der Waals surface area contributed by atoms with Gasteiger partial charge in [0, 0.05) is 36.8 Å². The molecule has 0 saturated carbocycles. The molecule has 0 spiro atoms. The molecule has 0 saturated heterocycles. The van der Waals surface area contributed by atoms with Gasteiger partial charge in [-0.1, -0.05) is 29.8 Å². The van der Waals surface area contributed by atoms with Crippen LogP contribution in [0, 0.1) is 11.3 Å². The van der Waals surface area contributed by atoms with Gasteiger partial charge in [0.15, 0.2) is 5.78 Å². The molecule has 3 rings (SSSR count). The molecule has 0 amide bonds. The van der Waals surface area contributed by atoms with Crippen LogP contribution >= 0.6 is 11.6 Å². The number of Topliss-reactive ketones (excluding diaryl/α,β-unsaturated/α-hetero) is 1. The van der Waals surface area contributed by atoms with E-state index in [0.29, 0.717) is 28.4 Å². The summed E-state index contributed by atoms with van der Waals surface area (Å²) in [5.74, 6) is -0.0724. The molecule has 0 bridgehead atoms. The number of hydrogen-bond acceptors (Lipinski definition) is 5. The second-order valence-corrected chi connectivity index (χ2v) is 6.57. The molecule has 24 heavy (non-hydrogen) atoms. The molecule has 2 N–H and O–H groups in total. The van der Waals surface area contributed by atoms with Gasteiger partial charge in [0.05, 0.1) is 17.6 Å². The second kappa shape index (κ2) is 6.31. The standard InChI is InChI=1S/C18H19ClN4O/c1-22(2)23-14-8-5-9-15(24)17(14)16(12(10-20)18(23)21)11-6-3-4-7-13(11)19/h3-4,6-7,16H,5,8-9,21H2,1-2H3/t16-/m1/s1. The quantitative estimate of drug-likeness (QED) is 0.894. The fourth-order valence-corrected chi connectivity index (χ4v) is 3.79. The molecule has 1 heterocycles. The highest BCUT2D eigenvalue weighted by Gasteiger charge is 2.41. The van der Waals surface area contributed by atoms with Crippen LogP contribution in [0.4, 0.5) is 0 Å². The monoisotopic (exact) mass is 342 g/mol. The lowest BCUT2D eigenvalue weighted by atomic mass is 9.76. The topological polar surface area (TPSA) is 73.4 Å². The second-order valence-electron chi connectivity index (χ2n) is 6.16. The summed E-state index contributed by atoms with van der Waals surface area (Å²) < 4.78 is 0. The van der Waals surface area contributed by atoms with Gasteiger partial charge in [-0.2, -0.15) is 5.26 Å². The predicted octanol–water partition coefficient (Wildman–Crippen LogP) is 2.92. The molecule has 0 fully saturated rings. The van der Waals surface area contributed by atoms with Crippen molar-refractivity contribution in [3.63, 3.8) is 0 Å². The number of benzene rings is 1. The van der Waals surface area contributed by atoms with E-state index in [1.165, 1.54) is 0 Å². The number of nitrogens with two attached hydrogens (primary N) is 1. The third-order valence-corrected chi connectivity index (χ3v) is 4.85. The first-order chi connectivity index (χ1) is 11.5. The van der Waals surface area contributed by atoms with Gasteiger partial charge in [-0.3, -0.25) is 9.80 Å². The summed E-state index contributed by atoms with van der Waals surface area (Å²) in [4.78, 5) is 12.7. The smallest absolute Gasteiger partial charge is 0.161 e. The van der Waals surface area contributed by atoms with Crippen LogP contribution in [0.15, 0.2) is 46.9 Å². The van der Waals surface area contributed by atoms with Gasteiger partial charge in [-0.25, -0.2) is 5.01 Å². The number of allylic oxidation sites excluding steroid dienone is 3. The number of carbonyl (C=O) groups excluding carboxylic acids is 1. The van der Waals surface area contributed by atoms with Crippen molar-refractivity contribution in [2.24, 2.45) is 5.73 Å². The number of rotatable bonds is 2. The minimum absolute atomic E-state index is 0.0632. The Bertz CT molecular complexity index is 803. The van der Waals surface area contributed by atoms with Gasteiger partial charge >= 0.3 is 0 Å².